The summed E-state index contributed by atoms with van der Waals surface area (Å²) in [6, 6.07) is 8.65. The normalized spacial score (nSPS) is 14.5. The van der Waals surface area contributed by atoms with Crippen molar-refractivity contribution in [2.24, 2.45) is 4.99 Å². The van der Waals surface area contributed by atoms with E-state index in [4.69, 9.17) is 9.73 Å². The number of rotatable bonds is 9. The lowest BCUT2D eigenvalue weighted by molar-refractivity contribution is 0.321. The molecule has 0 atom stereocenters. The third-order valence-electron chi connectivity index (χ3n) is 5.00. The number of hydrogen-bond donors (Lipinski definition) is 2. The van der Waals surface area contributed by atoms with Crippen LogP contribution in [0.4, 0.5) is 0 Å². The van der Waals surface area contributed by atoms with Crippen LogP contribution in [0.2, 0.25) is 0 Å². The molecule has 2 N–H and O–H groups in total. The van der Waals surface area contributed by atoms with E-state index in [0.717, 1.165) is 30.5 Å². The lowest BCUT2D eigenvalue weighted by Gasteiger charge is -2.18. The van der Waals surface area contributed by atoms with Gasteiger partial charge >= 0.3 is 0 Å². The standard InChI is InChI=1S/C21H32N6O.HI/c1-3-20-26-24-16-27(20)14-12-22-21(25-18-6-4-5-7-18)23-13-15-28-19-10-8-17(2)9-11-19;/h8-11,16,18H,3-7,12-15H2,1-2H3,(H2,22,23,25);1H. The number of ether oxygens (including phenoxy) is 1. The highest BCUT2D eigenvalue weighted by molar-refractivity contribution is 14.0. The van der Waals surface area contributed by atoms with Crippen LogP contribution in [0.3, 0.4) is 0 Å². The number of halogens is 1. The molecule has 1 heterocycles. The molecule has 160 valence electrons. The lowest BCUT2D eigenvalue weighted by Crippen LogP contribution is -2.44. The van der Waals surface area contributed by atoms with Crippen molar-refractivity contribution in [3.8, 4) is 5.75 Å². The molecule has 8 heteroatoms. The summed E-state index contributed by atoms with van der Waals surface area (Å²) in [5.74, 6) is 2.76. The molecule has 1 fully saturated rings. The van der Waals surface area contributed by atoms with Crippen molar-refractivity contribution in [1.82, 2.24) is 25.4 Å². The fourth-order valence-corrected chi connectivity index (χ4v) is 3.40. The topological polar surface area (TPSA) is 76.4 Å². The number of nitrogens with zero attached hydrogens (tertiary/aromatic N) is 4. The zero-order valence-corrected chi connectivity index (χ0v) is 19.8. The van der Waals surface area contributed by atoms with E-state index < -0.39 is 0 Å². The summed E-state index contributed by atoms with van der Waals surface area (Å²) < 4.78 is 7.88. The summed E-state index contributed by atoms with van der Waals surface area (Å²) in [4.78, 5) is 4.76. The van der Waals surface area contributed by atoms with Gasteiger partial charge in [0, 0.05) is 19.0 Å². The number of nitrogens with one attached hydrogen (secondary N) is 2. The maximum absolute atomic E-state index is 5.81. The fourth-order valence-electron chi connectivity index (χ4n) is 3.40. The minimum atomic E-state index is 0. The SMILES string of the molecule is CCc1nncn1CCN=C(NCCOc1ccc(C)cc1)NC1CCCC1.I. The molecule has 1 aliphatic carbocycles. The van der Waals surface area contributed by atoms with Crippen LogP contribution in [0.15, 0.2) is 35.6 Å². The van der Waals surface area contributed by atoms with E-state index >= 15 is 0 Å². The van der Waals surface area contributed by atoms with Gasteiger partial charge in [0.2, 0.25) is 0 Å². The van der Waals surface area contributed by atoms with Crippen LogP contribution < -0.4 is 15.4 Å². The molecule has 0 amide bonds. The number of aliphatic imine (C=N–C) groups is 1. The largest absolute Gasteiger partial charge is 0.492 e. The van der Waals surface area contributed by atoms with Crippen molar-refractivity contribution < 1.29 is 4.74 Å². The Morgan fingerprint density at radius 3 is 2.72 bits per heavy atom. The van der Waals surface area contributed by atoms with E-state index in [1.165, 1.54) is 31.2 Å². The van der Waals surface area contributed by atoms with Crippen molar-refractivity contribution in [2.75, 3.05) is 19.7 Å². The Kier molecular flexibility index (Phi) is 10.2. The summed E-state index contributed by atoms with van der Waals surface area (Å²) in [6.07, 6.45) is 7.68. The van der Waals surface area contributed by atoms with E-state index in [1.807, 2.05) is 12.1 Å². The van der Waals surface area contributed by atoms with Gasteiger partial charge in [-0.25, -0.2) is 0 Å². The predicted octanol–water partition coefficient (Wildman–Crippen LogP) is 3.32. The average molecular weight is 512 g/mol. The molecule has 0 aliphatic heterocycles. The minimum absolute atomic E-state index is 0. The summed E-state index contributed by atoms with van der Waals surface area (Å²) in [5, 5.41) is 15.1. The van der Waals surface area contributed by atoms with Crippen LogP contribution >= 0.6 is 24.0 Å². The highest BCUT2D eigenvalue weighted by atomic mass is 127. The first kappa shape index (κ1) is 23.4. The van der Waals surface area contributed by atoms with Gasteiger partial charge in [-0.05, 0) is 31.9 Å². The monoisotopic (exact) mass is 512 g/mol. The second-order valence-corrected chi connectivity index (χ2v) is 7.24. The van der Waals surface area contributed by atoms with Crippen LogP contribution in [-0.4, -0.2) is 46.5 Å². The molecule has 29 heavy (non-hydrogen) atoms. The van der Waals surface area contributed by atoms with E-state index in [1.54, 1.807) is 6.33 Å². The number of aryl methyl sites for hydroxylation is 2. The molecular formula is C21H33IN6O. The highest BCUT2D eigenvalue weighted by Gasteiger charge is 2.16. The van der Waals surface area contributed by atoms with Crippen LogP contribution in [-0.2, 0) is 13.0 Å². The zero-order chi connectivity index (χ0) is 19.6. The molecule has 0 unspecified atom stereocenters. The van der Waals surface area contributed by atoms with Gasteiger partial charge in [-0.1, -0.05) is 37.5 Å². The Hall–Kier alpha value is -1.84. The van der Waals surface area contributed by atoms with E-state index in [-0.39, 0.29) is 24.0 Å². The van der Waals surface area contributed by atoms with Gasteiger partial charge in [-0.3, -0.25) is 4.99 Å². The Balaban J connectivity index is 0.00000300. The Morgan fingerprint density at radius 1 is 1.24 bits per heavy atom. The average Bonchev–Trinajstić information content (AvgIpc) is 3.38. The summed E-state index contributed by atoms with van der Waals surface area (Å²) in [7, 11) is 0. The number of benzene rings is 1. The predicted molar refractivity (Wildman–Crippen MR) is 127 cm³/mol. The Labute approximate surface area is 190 Å². The third kappa shape index (κ3) is 7.83. The van der Waals surface area contributed by atoms with Crippen LogP contribution in [0.25, 0.3) is 0 Å². The van der Waals surface area contributed by atoms with E-state index in [9.17, 15) is 0 Å². The molecule has 2 aromatic rings. The van der Waals surface area contributed by atoms with Gasteiger partial charge in [-0.15, -0.1) is 34.2 Å². The van der Waals surface area contributed by atoms with Gasteiger partial charge in [0.05, 0.1) is 13.1 Å². The Morgan fingerprint density at radius 2 is 2.00 bits per heavy atom. The first-order valence-corrected chi connectivity index (χ1v) is 10.4. The quantitative estimate of drug-likeness (QED) is 0.233. The molecule has 0 bridgehead atoms. The Bertz CT molecular complexity index is 740. The van der Waals surface area contributed by atoms with Crippen molar-refractivity contribution >= 4 is 29.9 Å². The number of aromatic nitrogens is 3. The van der Waals surface area contributed by atoms with Gasteiger partial charge in [0.15, 0.2) is 5.96 Å². The van der Waals surface area contributed by atoms with Crippen LogP contribution in [0, 0.1) is 6.92 Å². The summed E-state index contributed by atoms with van der Waals surface area (Å²) in [6.45, 7) is 6.94. The lowest BCUT2D eigenvalue weighted by atomic mass is 10.2. The van der Waals surface area contributed by atoms with E-state index in [2.05, 4.69) is 51.4 Å². The molecule has 0 radical (unpaired) electrons. The molecule has 3 rings (SSSR count). The molecule has 1 aromatic heterocycles. The van der Waals surface area contributed by atoms with Crippen molar-refractivity contribution in [1.29, 1.82) is 0 Å². The molecule has 7 nitrogen and oxygen atoms in total. The second kappa shape index (κ2) is 12.7. The molecule has 0 saturated heterocycles. The van der Waals surface area contributed by atoms with Crippen LogP contribution in [0.5, 0.6) is 5.75 Å². The molecule has 0 spiro atoms. The maximum Gasteiger partial charge on any atom is 0.191 e. The summed E-state index contributed by atoms with van der Waals surface area (Å²) in [5.41, 5.74) is 1.24. The molecule has 1 saturated carbocycles. The fraction of sp³-hybridized carbons (Fsp3) is 0.571. The van der Waals surface area contributed by atoms with Crippen molar-refractivity contribution in [3.63, 3.8) is 0 Å². The van der Waals surface area contributed by atoms with Gasteiger partial charge < -0.3 is 19.9 Å². The van der Waals surface area contributed by atoms with Crippen LogP contribution in [0.1, 0.15) is 44.0 Å². The third-order valence-corrected chi connectivity index (χ3v) is 5.00. The van der Waals surface area contributed by atoms with Gasteiger partial charge in [0.1, 0.15) is 24.5 Å². The minimum Gasteiger partial charge on any atom is -0.492 e. The zero-order valence-electron chi connectivity index (χ0n) is 17.4. The first-order valence-electron chi connectivity index (χ1n) is 10.4. The van der Waals surface area contributed by atoms with E-state index in [0.29, 0.717) is 25.7 Å². The number of guanidine groups is 1. The smallest absolute Gasteiger partial charge is 0.191 e. The van der Waals surface area contributed by atoms with Gasteiger partial charge in [-0.2, -0.15) is 0 Å². The molecule has 1 aromatic carbocycles. The highest BCUT2D eigenvalue weighted by Crippen LogP contribution is 2.17. The maximum atomic E-state index is 5.81. The molecular weight excluding hydrogens is 479 g/mol. The summed E-state index contributed by atoms with van der Waals surface area (Å²) >= 11 is 0. The van der Waals surface area contributed by atoms with Crippen molar-refractivity contribution in [3.05, 3.63) is 42.0 Å². The number of hydrogen-bond acceptors (Lipinski definition) is 4. The molecule has 1 aliphatic rings. The second-order valence-electron chi connectivity index (χ2n) is 7.24. The first-order chi connectivity index (χ1) is 13.7. The van der Waals surface area contributed by atoms with Crippen molar-refractivity contribution in [2.45, 2.75) is 58.5 Å². The van der Waals surface area contributed by atoms with Gasteiger partial charge in [0.25, 0.3) is 0 Å².